The van der Waals surface area contributed by atoms with Gasteiger partial charge in [0.25, 0.3) is 0 Å². The number of carbonyl (C=O) groups is 2. The van der Waals surface area contributed by atoms with Gasteiger partial charge < -0.3 is 9.47 Å². The maximum absolute atomic E-state index is 11.3. The molecule has 15 heavy (non-hydrogen) atoms. The zero-order valence-corrected chi connectivity index (χ0v) is 9.12. The Morgan fingerprint density at radius 1 is 1.20 bits per heavy atom. The van der Waals surface area contributed by atoms with Gasteiger partial charge in [0.1, 0.15) is 0 Å². The van der Waals surface area contributed by atoms with Gasteiger partial charge in [-0.2, -0.15) is 0 Å². The number of esters is 2. The Labute approximate surface area is 89.6 Å². The molecule has 0 aliphatic heterocycles. The summed E-state index contributed by atoms with van der Waals surface area (Å²) in [7, 11) is 0. The summed E-state index contributed by atoms with van der Waals surface area (Å²) >= 11 is 0. The van der Waals surface area contributed by atoms with Crippen molar-refractivity contribution < 1.29 is 19.1 Å². The normalized spacial score (nSPS) is 10.7. The minimum Gasteiger partial charge on any atom is -0.463 e. The fourth-order valence-electron chi connectivity index (χ4n) is 0.907. The molecule has 0 unspecified atom stereocenters. The minimum atomic E-state index is -0.539. The molecule has 0 atom stereocenters. The number of carbonyl (C=O) groups excluding carboxylic acids is 2. The van der Waals surface area contributed by atoms with Crippen LogP contribution in [0, 0.1) is 0 Å². The molecule has 0 aliphatic rings. The Balaban J connectivity index is 4.55. The average Bonchev–Trinajstić information content (AvgIpc) is 2.18. The van der Waals surface area contributed by atoms with E-state index in [1.807, 2.05) is 0 Å². The molecule has 0 aliphatic carbocycles. The van der Waals surface area contributed by atoms with Crippen LogP contribution < -0.4 is 0 Å². The third kappa shape index (κ3) is 5.67. The second-order valence-electron chi connectivity index (χ2n) is 2.63. The Bertz CT molecular complexity index is 266. The van der Waals surface area contributed by atoms with Gasteiger partial charge in [-0.1, -0.05) is 6.08 Å². The maximum atomic E-state index is 11.3. The molecule has 4 heteroatoms. The van der Waals surface area contributed by atoms with E-state index in [1.54, 1.807) is 13.8 Å². The van der Waals surface area contributed by atoms with E-state index >= 15 is 0 Å². The van der Waals surface area contributed by atoms with Crippen LogP contribution in [0.4, 0.5) is 0 Å². The van der Waals surface area contributed by atoms with Gasteiger partial charge in [-0.25, -0.2) is 9.59 Å². The first-order chi connectivity index (χ1) is 7.15. The summed E-state index contributed by atoms with van der Waals surface area (Å²) < 4.78 is 9.46. The molecule has 0 heterocycles. The summed E-state index contributed by atoms with van der Waals surface area (Å²) in [6.45, 7) is 7.45. The SMILES string of the molecule is C=CC/C(=C/C(=O)OCC)C(=O)OCC. The van der Waals surface area contributed by atoms with Crippen molar-refractivity contribution >= 4 is 11.9 Å². The van der Waals surface area contributed by atoms with Crippen molar-refractivity contribution in [3.05, 3.63) is 24.3 Å². The molecule has 0 amide bonds. The highest BCUT2D eigenvalue weighted by molar-refractivity contribution is 5.96. The molecule has 4 nitrogen and oxygen atoms in total. The van der Waals surface area contributed by atoms with E-state index in [-0.39, 0.29) is 25.2 Å². The van der Waals surface area contributed by atoms with Crippen LogP contribution in [0.2, 0.25) is 0 Å². The van der Waals surface area contributed by atoms with E-state index in [0.717, 1.165) is 6.08 Å². The predicted octanol–water partition coefficient (Wildman–Crippen LogP) is 1.62. The standard InChI is InChI=1S/C11H16O4/c1-4-7-9(11(13)15-6-3)8-10(12)14-5-2/h4,8H,1,5-7H2,2-3H3/b9-8-. The lowest BCUT2D eigenvalue weighted by molar-refractivity contribution is -0.141. The largest absolute Gasteiger partial charge is 0.463 e. The third-order valence-corrected chi connectivity index (χ3v) is 1.48. The molecule has 0 aromatic heterocycles. The van der Waals surface area contributed by atoms with Gasteiger partial charge in [0.2, 0.25) is 0 Å². The molecule has 0 spiro atoms. The summed E-state index contributed by atoms with van der Waals surface area (Å²) in [4.78, 5) is 22.4. The summed E-state index contributed by atoms with van der Waals surface area (Å²) in [5.41, 5.74) is 0.255. The van der Waals surface area contributed by atoms with Gasteiger partial charge in [-0.3, -0.25) is 0 Å². The van der Waals surface area contributed by atoms with Gasteiger partial charge in [0.15, 0.2) is 0 Å². The van der Waals surface area contributed by atoms with Crippen LogP contribution in [-0.4, -0.2) is 25.2 Å². The van der Waals surface area contributed by atoms with Gasteiger partial charge in [0, 0.05) is 11.6 Å². The Hall–Kier alpha value is -1.58. The van der Waals surface area contributed by atoms with Crippen LogP contribution in [0.3, 0.4) is 0 Å². The molecule has 0 aromatic rings. The van der Waals surface area contributed by atoms with Crippen molar-refractivity contribution in [2.75, 3.05) is 13.2 Å². The molecule has 0 aromatic carbocycles. The molecule has 0 saturated heterocycles. The Kier molecular flexibility index (Phi) is 6.97. The molecular formula is C11H16O4. The lowest BCUT2D eigenvalue weighted by atomic mass is 10.2. The number of hydrogen-bond donors (Lipinski definition) is 0. The van der Waals surface area contributed by atoms with Gasteiger partial charge >= 0.3 is 11.9 Å². The van der Waals surface area contributed by atoms with Crippen molar-refractivity contribution in [3.8, 4) is 0 Å². The second-order valence-corrected chi connectivity index (χ2v) is 2.63. The monoisotopic (exact) mass is 212 g/mol. The third-order valence-electron chi connectivity index (χ3n) is 1.48. The van der Waals surface area contributed by atoms with Crippen LogP contribution in [0.1, 0.15) is 20.3 Å². The number of allylic oxidation sites excluding steroid dienone is 1. The zero-order valence-electron chi connectivity index (χ0n) is 9.12. The molecule has 84 valence electrons. The van der Waals surface area contributed by atoms with Crippen LogP contribution in [0.25, 0.3) is 0 Å². The molecule has 0 bridgehead atoms. The van der Waals surface area contributed by atoms with E-state index in [2.05, 4.69) is 11.3 Å². The summed E-state index contributed by atoms with van der Waals surface area (Å²) in [6.07, 6.45) is 2.96. The first-order valence-corrected chi connectivity index (χ1v) is 4.81. The number of rotatable bonds is 6. The molecule has 0 rings (SSSR count). The molecular weight excluding hydrogens is 196 g/mol. The van der Waals surface area contributed by atoms with Crippen LogP contribution in [0.15, 0.2) is 24.3 Å². The van der Waals surface area contributed by atoms with Crippen molar-refractivity contribution in [1.82, 2.24) is 0 Å². The van der Waals surface area contributed by atoms with Crippen LogP contribution in [0.5, 0.6) is 0 Å². The van der Waals surface area contributed by atoms with E-state index in [1.165, 1.54) is 6.08 Å². The van der Waals surface area contributed by atoms with Crippen molar-refractivity contribution in [2.24, 2.45) is 0 Å². The fourth-order valence-corrected chi connectivity index (χ4v) is 0.907. The predicted molar refractivity (Wildman–Crippen MR) is 56.2 cm³/mol. The van der Waals surface area contributed by atoms with Gasteiger partial charge in [0.05, 0.1) is 13.2 Å². The lowest BCUT2D eigenvalue weighted by Crippen LogP contribution is -2.10. The Morgan fingerprint density at radius 3 is 2.27 bits per heavy atom. The van der Waals surface area contributed by atoms with Crippen molar-refractivity contribution in [1.29, 1.82) is 0 Å². The van der Waals surface area contributed by atoms with Crippen LogP contribution >= 0.6 is 0 Å². The molecule has 0 N–H and O–H groups in total. The smallest absolute Gasteiger partial charge is 0.334 e. The van der Waals surface area contributed by atoms with Crippen LogP contribution in [-0.2, 0) is 19.1 Å². The highest BCUT2D eigenvalue weighted by Crippen LogP contribution is 2.05. The highest BCUT2D eigenvalue weighted by Gasteiger charge is 2.11. The van der Waals surface area contributed by atoms with Crippen molar-refractivity contribution in [2.45, 2.75) is 20.3 Å². The minimum absolute atomic E-state index is 0.255. The maximum Gasteiger partial charge on any atom is 0.334 e. The lowest BCUT2D eigenvalue weighted by Gasteiger charge is -2.04. The summed E-state index contributed by atoms with van der Waals surface area (Å²) in [5, 5.41) is 0. The Morgan fingerprint density at radius 2 is 1.80 bits per heavy atom. The first kappa shape index (κ1) is 13.4. The topological polar surface area (TPSA) is 52.6 Å². The zero-order chi connectivity index (χ0) is 11.7. The van der Waals surface area contributed by atoms with Crippen molar-refractivity contribution in [3.63, 3.8) is 0 Å². The average molecular weight is 212 g/mol. The van der Waals surface area contributed by atoms with Gasteiger partial charge in [-0.05, 0) is 20.3 Å². The van der Waals surface area contributed by atoms with E-state index in [4.69, 9.17) is 4.74 Å². The highest BCUT2D eigenvalue weighted by atomic mass is 16.5. The first-order valence-electron chi connectivity index (χ1n) is 4.81. The number of hydrogen-bond acceptors (Lipinski definition) is 4. The molecule has 0 saturated carbocycles. The quantitative estimate of drug-likeness (QED) is 0.381. The van der Waals surface area contributed by atoms with E-state index < -0.39 is 11.9 Å². The van der Waals surface area contributed by atoms with E-state index in [9.17, 15) is 9.59 Å². The molecule has 0 radical (unpaired) electrons. The van der Waals surface area contributed by atoms with E-state index in [0.29, 0.717) is 0 Å². The summed E-state index contributed by atoms with van der Waals surface area (Å²) in [6, 6.07) is 0. The van der Waals surface area contributed by atoms with Gasteiger partial charge in [-0.15, -0.1) is 6.58 Å². The second kappa shape index (κ2) is 7.79. The fraction of sp³-hybridized carbons (Fsp3) is 0.455. The number of ether oxygens (including phenoxy) is 2. The molecule has 0 fully saturated rings. The summed E-state index contributed by atoms with van der Waals surface area (Å²) in [5.74, 6) is -1.05.